The third kappa shape index (κ3) is 4.97. The van der Waals surface area contributed by atoms with Crippen LogP contribution in [0.4, 0.5) is 0 Å². The van der Waals surface area contributed by atoms with Gasteiger partial charge in [-0.25, -0.2) is 0 Å². The summed E-state index contributed by atoms with van der Waals surface area (Å²) in [6.07, 6.45) is 2.10. The molecule has 0 heterocycles. The SMILES string of the molecule is CCC(NCCC(c1ccccc1)c1ccccc1)c1cccc(Cl)c1. The van der Waals surface area contributed by atoms with Gasteiger partial charge < -0.3 is 5.32 Å². The van der Waals surface area contributed by atoms with E-state index in [1.807, 2.05) is 12.1 Å². The lowest BCUT2D eigenvalue weighted by Crippen LogP contribution is -2.23. The summed E-state index contributed by atoms with van der Waals surface area (Å²) in [7, 11) is 0. The molecular formula is C24H26ClN. The van der Waals surface area contributed by atoms with Crippen molar-refractivity contribution in [3.63, 3.8) is 0 Å². The summed E-state index contributed by atoms with van der Waals surface area (Å²) in [5.74, 6) is 0.404. The Morgan fingerprint density at radius 3 is 1.88 bits per heavy atom. The van der Waals surface area contributed by atoms with Gasteiger partial charge in [-0.3, -0.25) is 0 Å². The summed E-state index contributed by atoms with van der Waals surface area (Å²) in [6.45, 7) is 3.17. The average Bonchev–Trinajstić information content (AvgIpc) is 2.69. The van der Waals surface area contributed by atoms with E-state index < -0.39 is 0 Å². The Kier molecular flexibility index (Phi) is 6.88. The van der Waals surface area contributed by atoms with E-state index in [1.54, 1.807) is 0 Å². The zero-order valence-electron chi connectivity index (χ0n) is 15.2. The zero-order valence-corrected chi connectivity index (χ0v) is 16.0. The van der Waals surface area contributed by atoms with Crippen LogP contribution in [0.2, 0.25) is 5.02 Å². The van der Waals surface area contributed by atoms with Crippen molar-refractivity contribution in [2.24, 2.45) is 0 Å². The monoisotopic (exact) mass is 363 g/mol. The van der Waals surface area contributed by atoms with E-state index in [2.05, 4.69) is 85.0 Å². The number of hydrogen-bond donors (Lipinski definition) is 1. The first-order chi connectivity index (χ1) is 12.8. The molecule has 0 aliphatic rings. The molecule has 3 aromatic carbocycles. The lowest BCUT2D eigenvalue weighted by atomic mass is 9.88. The largest absolute Gasteiger partial charge is 0.310 e. The molecule has 0 saturated heterocycles. The lowest BCUT2D eigenvalue weighted by Gasteiger charge is -2.22. The van der Waals surface area contributed by atoms with Crippen molar-refractivity contribution >= 4 is 11.6 Å². The molecule has 0 amide bonds. The maximum Gasteiger partial charge on any atom is 0.0409 e. The molecule has 1 atom stereocenters. The fourth-order valence-electron chi connectivity index (χ4n) is 3.52. The highest BCUT2D eigenvalue weighted by Gasteiger charge is 2.15. The first-order valence-electron chi connectivity index (χ1n) is 9.36. The quantitative estimate of drug-likeness (QED) is 0.475. The van der Waals surface area contributed by atoms with E-state index in [4.69, 9.17) is 11.6 Å². The van der Waals surface area contributed by atoms with Gasteiger partial charge in [-0.2, -0.15) is 0 Å². The normalized spacial score (nSPS) is 12.3. The van der Waals surface area contributed by atoms with E-state index in [0.29, 0.717) is 12.0 Å². The molecule has 0 spiro atoms. The molecule has 0 aliphatic heterocycles. The second kappa shape index (κ2) is 9.56. The first-order valence-corrected chi connectivity index (χ1v) is 9.74. The van der Waals surface area contributed by atoms with Crippen molar-refractivity contribution in [1.29, 1.82) is 0 Å². The highest BCUT2D eigenvalue weighted by atomic mass is 35.5. The highest BCUT2D eigenvalue weighted by molar-refractivity contribution is 6.30. The van der Waals surface area contributed by atoms with Crippen molar-refractivity contribution in [1.82, 2.24) is 5.32 Å². The van der Waals surface area contributed by atoms with E-state index >= 15 is 0 Å². The summed E-state index contributed by atoms with van der Waals surface area (Å²) in [4.78, 5) is 0. The van der Waals surface area contributed by atoms with E-state index in [9.17, 15) is 0 Å². The minimum absolute atomic E-state index is 0.334. The van der Waals surface area contributed by atoms with Crippen LogP contribution in [0.15, 0.2) is 84.9 Å². The van der Waals surface area contributed by atoms with Crippen molar-refractivity contribution in [3.8, 4) is 0 Å². The molecule has 0 fully saturated rings. The fraction of sp³-hybridized carbons (Fsp3) is 0.250. The molecule has 3 rings (SSSR count). The summed E-state index contributed by atoms with van der Waals surface area (Å²) in [5, 5.41) is 4.52. The number of rotatable bonds is 8. The van der Waals surface area contributed by atoms with Gasteiger partial charge in [-0.05, 0) is 48.2 Å². The Morgan fingerprint density at radius 2 is 1.35 bits per heavy atom. The van der Waals surface area contributed by atoms with Gasteiger partial charge in [0.15, 0.2) is 0 Å². The molecule has 0 saturated carbocycles. The van der Waals surface area contributed by atoms with Crippen LogP contribution in [0.3, 0.4) is 0 Å². The standard InChI is InChI=1S/C24H26ClN/c1-2-24(21-14-9-15-22(25)18-21)26-17-16-23(19-10-5-3-6-11-19)20-12-7-4-8-13-20/h3-15,18,23-24,26H,2,16-17H2,1H3. The second-order valence-corrected chi connectivity index (χ2v) is 7.07. The molecule has 0 aromatic heterocycles. The molecule has 1 N–H and O–H groups in total. The molecule has 1 nitrogen and oxygen atoms in total. The van der Waals surface area contributed by atoms with Crippen LogP contribution >= 0.6 is 11.6 Å². The van der Waals surface area contributed by atoms with Crippen LogP contribution < -0.4 is 5.32 Å². The number of hydrogen-bond acceptors (Lipinski definition) is 1. The summed E-state index contributed by atoms with van der Waals surface area (Å²) < 4.78 is 0. The second-order valence-electron chi connectivity index (χ2n) is 6.63. The van der Waals surface area contributed by atoms with E-state index in [0.717, 1.165) is 24.4 Å². The zero-order chi connectivity index (χ0) is 18.2. The van der Waals surface area contributed by atoms with Crippen molar-refractivity contribution < 1.29 is 0 Å². The van der Waals surface area contributed by atoms with Gasteiger partial charge in [0.05, 0.1) is 0 Å². The third-order valence-corrected chi connectivity index (χ3v) is 5.12. The topological polar surface area (TPSA) is 12.0 Å². The van der Waals surface area contributed by atoms with Crippen molar-refractivity contribution in [3.05, 3.63) is 107 Å². The molecule has 134 valence electrons. The molecule has 1 unspecified atom stereocenters. The van der Waals surface area contributed by atoms with Crippen LogP contribution in [0.25, 0.3) is 0 Å². The Balaban J connectivity index is 1.70. The molecule has 2 heteroatoms. The number of nitrogens with one attached hydrogen (secondary N) is 1. The Hall–Kier alpha value is -2.09. The number of benzene rings is 3. The first kappa shape index (κ1) is 18.7. The van der Waals surface area contributed by atoms with Gasteiger partial charge in [-0.15, -0.1) is 0 Å². The molecular weight excluding hydrogens is 338 g/mol. The fourth-order valence-corrected chi connectivity index (χ4v) is 3.72. The maximum absolute atomic E-state index is 6.16. The van der Waals surface area contributed by atoms with Crippen LogP contribution in [-0.2, 0) is 0 Å². The van der Waals surface area contributed by atoms with Gasteiger partial charge >= 0.3 is 0 Å². The lowest BCUT2D eigenvalue weighted by molar-refractivity contribution is 0.499. The van der Waals surface area contributed by atoms with E-state index in [-0.39, 0.29) is 0 Å². The van der Waals surface area contributed by atoms with Crippen LogP contribution in [0, 0.1) is 0 Å². The van der Waals surface area contributed by atoms with Gasteiger partial charge in [0.25, 0.3) is 0 Å². The van der Waals surface area contributed by atoms with Crippen LogP contribution in [0.5, 0.6) is 0 Å². The Morgan fingerprint density at radius 1 is 0.769 bits per heavy atom. The summed E-state index contributed by atoms with van der Waals surface area (Å²) in [6, 6.07) is 30.1. The Bertz CT molecular complexity index is 746. The molecule has 3 aromatic rings. The third-order valence-electron chi connectivity index (χ3n) is 4.89. The summed E-state index contributed by atoms with van der Waals surface area (Å²) in [5.41, 5.74) is 4.00. The van der Waals surface area contributed by atoms with Crippen molar-refractivity contribution in [2.45, 2.75) is 31.7 Å². The van der Waals surface area contributed by atoms with Gasteiger partial charge in [-0.1, -0.05) is 91.3 Å². The minimum atomic E-state index is 0.334. The van der Waals surface area contributed by atoms with Crippen molar-refractivity contribution in [2.75, 3.05) is 6.54 Å². The van der Waals surface area contributed by atoms with Gasteiger partial charge in [0.1, 0.15) is 0 Å². The van der Waals surface area contributed by atoms with Gasteiger partial charge in [0, 0.05) is 17.0 Å². The predicted molar refractivity (Wildman–Crippen MR) is 112 cm³/mol. The summed E-state index contributed by atoms with van der Waals surface area (Å²) >= 11 is 6.16. The number of halogens is 1. The maximum atomic E-state index is 6.16. The van der Waals surface area contributed by atoms with E-state index in [1.165, 1.54) is 16.7 Å². The predicted octanol–water partition coefficient (Wildman–Crippen LogP) is 6.60. The van der Waals surface area contributed by atoms with Crippen LogP contribution in [0.1, 0.15) is 48.4 Å². The minimum Gasteiger partial charge on any atom is -0.310 e. The molecule has 26 heavy (non-hydrogen) atoms. The molecule has 0 bridgehead atoms. The van der Waals surface area contributed by atoms with Gasteiger partial charge in [0.2, 0.25) is 0 Å². The smallest absolute Gasteiger partial charge is 0.0409 e. The molecule has 0 aliphatic carbocycles. The highest BCUT2D eigenvalue weighted by Crippen LogP contribution is 2.28. The Labute approximate surface area is 162 Å². The molecule has 0 radical (unpaired) electrons. The average molecular weight is 364 g/mol. The van der Waals surface area contributed by atoms with Crippen LogP contribution in [-0.4, -0.2) is 6.54 Å².